The van der Waals surface area contributed by atoms with E-state index in [1.165, 1.54) is 11.3 Å². The molecule has 0 aliphatic carbocycles. The first kappa shape index (κ1) is 15.0. The van der Waals surface area contributed by atoms with Gasteiger partial charge in [-0.3, -0.25) is 0 Å². The molecular formula is C14H20BrN3. The highest BCUT2D eigenvalue weighted by Gasteiger charge is 2.16. The smallest absolute Gasteiger partial charge is 0.0643 e. The molecule has 0 bridgehead atoms. The maximum absolute atomic E-state index is 8.80. The van der Waals surface area contributed by atoms with Gasteiger partial charge in [-0.05, 0) is 44.7 Å². The van der Waals surface area contributed by atoms with Gasteiger partial charge >= 0.3 is 0 Å². The summed E-state index contributed by atoms with van der Waals surface area (Å²) in [5.41, 5.74) is 2.40. The van der Waals surface area contributed by atoms with Crippen LogP contribution >= 0.6 is 15.9 Å². The average Bonchev–Trinajstić information content (AvgIpc) is 2.37. The first-order valence-corrected chi connectivity index (χ1v) is 6.87. The Hall–Kier alpha value is -1.05. The zero-order valence-electron chi connectivity index (χ0n) is 11.4. The van der Waals surface area contributed by atoms with Gasteiger partial charge in [-0.25, -0.2) is 0 Å². The van der Waals surface area contributed by atoms with Crippen molar-refractivity contribution in [2.75, 3.05) is 19.0 Å². The summed E-state index contributed by atoms with van der Waals surface area (Å²) < 4.78 is 1.07. The summed E-state index contributed by atoms with van der Waals surface area (Å²) in [5.74, 6) is 0. The van der Waals surface area contributed by atoms with Crippen LogP contribution in [0.1, 0.15) is 31.9 Å². The summed E-state index contributed by atoms with van der Waals surface area (Å²) in [6, 6.07) is 8.97. The van der Waals surface area contributed by atoms with E-state index in [-0.39, 0.29) is 12.1 Å². The molecule has 0 radical (unpaired) electrons. The summed E-state index contributed by atoms with van der Waals surface area (Å²) in [7, 11) is 3.99. The van der Waals surface area contributed by atoms with E-state index in [1.807, 2.05) is 20.2 Å². The van der Waals surface area contributed by atoms with Gasteiger partial charge < -0.3 is 10.2 Å². The molecule has 3 nitrogen and oxygen atoms in total. The predicted molar refractivity (Wildman–Crippen MR) is 79.7 cm³/mol. The van der Waals surface area contributed by atoms with Gasteiger partial charge in [0.05, 0.1) is 12.5 Å². The Kier molecular flexibility index (Phi) is 5.64. The minimum Gasteiger partial charge on any atom is -0.371 e. The molecule has 0 spiro atoms. The fraction of sp³-hybridized carbons (Fsp3) is 0.500. The molecule has 2 unspecified atom stereocenters. The van der Waals surface area contributed by atoms with Gasteiger partial charge in [0.2, 0.25) is 0 Å². The molecule has 18 heavy (non-hydrogen) atoms. The van der Waals surface area contributed by atoms with Crippen LogP contribution in [0.4, 0.5) is 5.69 Å². The number of nitrogens with one attached hydrogen (secondary N) is 1. The van der Waals surface area contributed by atoms with Crippen LogP contribution in [0.15, 0.2) is 22.7 Å². The largest absolute Gasteiger partial charge is 0.371 e. The van der Waals surface area contributed by atoms with Gasteiger partial charge in [0.15, 0.2) is 0 Å². The van der Waals surface area contributed by atoms with E-state index in [2.05, 4.69) is 58.2 Å². The lowest BCUT2D eigenvalue weighted by Crippen LogP contribution is -2.30. The molecule has 1 rings (SSSR count). The number of nitriles is 1. The van der Waals surface area contributed by atoms with Gasteiger partial charge in [0.1, 0.15) is 0 Å². The van der Waals surface area contributed by atoms with E-state index < -0.39 is 0 Å². The maximum Gasteiger partial charge on any atom is 0.0643 e. The number of hydrogen-bond donors (Lipinski definition) is 1. The fourth-order valence-electron chi connectivity index (χ4n) is 1.86. The van der Waals surface area contributed by atoms with Crippen LogP contribution in [0.25, 0.3) is 0 Å². The Balaban J connectivity index is 3.11. The Labute approximate surface area is 118 Å². The van der Waals surface area contributed by atoms with Crippen LogP contribution in [-0.2, 0) is 0 Å². The topological polar surface area (TPSA) is 39.1 Å². The Morgan fingerprint density at radius 2 is 2.11 bits per heavy atom. The first-order chi connectivity index (χ1) is 8.51. The lowest BCUT2D eigenvalue weighted by molar-refractivity contribution is 0.638. The number of hydrogen-bond acceptors (Lipinski definition) is 3. The Morgan fingerprint density at radius 3 is 2.67 bits per heavy atom. The molecule has 0 aliphatic heterocycles. The molecule has 1 N–H and O–H groups in total. The second-order valence-corrected chi connectivity index (χ2v) is 5.45. The minimum absolute atomic E-state index is 0.207. The van der Waals surface area contributed by atoms with Gasteiger partial charge in [-0.2, -0.15) is 5.26 Å². The molecule has 2 atom stereocenters. The SMILES string of the molecule is CNC(C)c1cc(Br)ccc1N(C)C(C)CC#N. The molecule has 1 aromatic rings. The third-order valence-electron chi connectivity index (χ3n) is 3.32. The molecule has 4 heteroatoms. The van der Waals surface area contributed by atoms with Crippen molar-refractivity contribution < 1.29 is 0 Å². The zero-order chi connectivity index (χ0) is 13.7. The highest BCUT2D eigenvalue weighted by Crippen LogP contribution is 2.30. The van der Waals surface area contributed by atoms with Crippen molar-refractivity contribution in [2.24, 2.45) is 0 Å². The lowest BCUT2D eigenvalue weighted by atomic mass is 10.0. The zero-order valence-corrected chi connectivity index (χ0v) is 13.0. The third-order valence-corrected chi connectivity index (χ3v) is 3.81. The van der Waals surface area contributed by atoms with Crippen LogP contribution in [-0.4, -0.2) is 20.1 Å². The lowest BCUT2D eigenvalue weighted by Gasteiger charge is -2.29. The second kappa shape index (κ2) is 6.77. The molecule has 1 aromatic carbocycles. The summed E-state index contributed by atoms with van der Waals surface area (Å²) in [5, 5.41) is 12.1. The molecular weight excluding hydrogens is 290 g/mol. The predicted octanol–water partition coefficient (Wildman–Crippen LogP) is 3.47. The van der Waals surface area contributed by atoms with Crippen molar-refractivity contribution in [1.82, 2.24) is 5.32 Å². The number of benzene rings is 1. The van der Waals surface area contributed by atoms with Crippen LogP contribution < -0.4 is 10.2 Å². The van der Waals surface area contributed by atoms with Crippen molar-refractivity contribution in [3.8, 4) is 6.07 Å². The van der Waals surface area contributed by atoms with E-state index in [0.29, 0.717) is 6.42 Å². The number of anilines is 1. The number of halogens is 1. The van der Waals surface area contributed by atoms with Crippen molar-refractivity contribution in [3.63, 3.8) is 0 Å². The fourth-order valence-corrected chi connectivity index (χ4v) is 2.23. The summed E-state index contributed by atoms with van der Waals surface area (Å²) >= 11 is 3.51. The van der Waals surface area contributed by atoms with Crippen molar-refractivity contribution in [3.05, 3.63) is 28.2 Å². The van der Waals surface area contributed by atoms with Gasteiger partial charge in [-0.1, -0.05) is 15.9 Å². The third kappa shape index (κ3) is 3.47. The van der Waals surface area contributed by atoms with Crippen LogP contribution in [0.2, 0.25) is 0 Å². The van der Waals surface area contributed by atoms with Crippen molar-refractivity contribution in [1.29, 1.82) is 5.26 Å². The Morgan fingerprint density at radius 1 is 1.44 bits per heavy atom. The van der Waals surface area contributed by atoms with Gasteiger partial charge in [0, 0.05) is 29.3 Å². The standard InChI is InChI=1S/C14H20BrN3/c1-10(7-8-16)18(4)14-6-5-12(15)9-13(14)11(2)17-3/h5-6,9-11,17H,7H2,1-4H3. The van der Waals surface area contributed by atoms with E-state index >= 15 is 0 Å². The maximum atomic E-state index is 8.80. The first-order valence-electron chi connectivity index (χ1n) is 6.07. The second-order valence-electron chi connectivity index (χ2n) is 4.54. The van der Waals surface area contributed by atoms with Gasteiger partial charge in [-0.15, -0.1) is 0 Å². The molecule has 0 heterocycles. The number of nitrogens with zero attached hydrogens (tertiary/aromatic N) is 2. The Bertz CT molecular complexity index is 439. The van der Waals surface area contributed by atoms with Crippen LogP contribution in [0.3, 0.4) is 0 Å². The van der Waals surface area contributed by atoms with Crippen LogP contribution in [0.5, 0.6) is 0 Å². The summed E-state index contributed by atoms with van der Waals surface area (Å²) in [4.78, 5) is 2.17. The molecule has 0 fully saturated rings. The summed E-state index contributed by atoms with van der Waals surface area (Å²) in [6.45, 7) is 4.20. The molecule has 0 aromatic heterocycles. The van der Waals surface area contributed by atoms with E-state index in [4.69, 9.17) is 5.26 Å². The molecule has 0 aliphatic rings. The molecule has 98 valence electrons. The normalized spacial score (nSPS) is 13.8. The monoisotopic (exact) mass is 309 g/mol. The number of rotatable bonds is 5. The molecule has 0 saturated heterocycles. The minimum atomic E-state index is 0.207. The van der Waals surface area contributed by atoms with E-state index in [9.17, 15) is 0 Å². The van der Waals surface area contributed by atoms with Crippen molar-refractivity contribution >= 4 is 21.6 Å². The van der Waals surface area contributed by atoms with E-state index in [1.54, 1.807) is 0 Å². The van der Waals surface area contributed by atoms with Crippen molar-refractivity contribution in [2.45, 2.75) is 32.4 Å². The molecule has 0 amide bonds. The average molecular weight is 310 g/mol. The van der Waals surface area contributed by atoms with E-state index in [0.717, 1.165) is 4.47 Å². The summed E-state index contributed by atoms with van der Waals surface area (Å²) in [6.07, 6.45) is 0.528. The molecule has 0 saturated carbocycles. The van der Waals surface area contributed by atoms with Gasteiger partial charge in [0.25, 0.3) is 0 Å². The highest BCUT2D eigenvalue weighted by molar-refractivity contribution is 9.10. The van der Waals surface area contributed by atoms with Crippen LogP contribution in [0, 0.1) is 11.3 Å². The quantitative estimate of drug-likeness (QED) is 0.905. The highest BCUT2D eigenvalue weighted by atomic mass is 79.9.